The van der Waals surface area contributed by atoms with Crippen molar-refractivity contribution in [2.45, 2.75) is 40.2 Å². The molecule has 0 spiro atoms. The van der Waals surface area contributed by atoms with Gasteiger partial charge in [-0.25, -0.2) is 4.79 Å². The molecule has 3 rings (SSSR count). The minimum Gasteiger partial charge on any atom is -0.460 e. The number of rotatable bonds is 9. The molecule has 6 heteroatoms. The average Bonchev–Trinajstić information content (AvgIpc) is 3.07. The van der Waals surface area contributed by atoms with Gasteiger partial charge in [0.15, 0.2) is 0 Å². The van der Waals surface area contributed by atoms with Crippen LogP contribution in [0.4, 0.5) is 0 Å². The lowest BCUT2D eigenvalue weighted by Gasteiger charge is -2.09. The van der Waals surface area contributed by atoms with E-state index in [4.69, 9.17) is 4.74 Å². The van der Waals surface area contributed by atoms with E-state index in [1.807, 2.05) is 74.0 Å². The normalized spacial score (nSPS) is 10.7. The number of carbonyl (C=O) groups is 2. The summed E-state index contributed by atoms with van der Waals surface area (Å²) in [4.78, 5) is 24.3. The van der Waals surface area contributed by atoms with Crippen LogP contribution in [-0.2, 0) is 22.5 Å². The molecule has 0 saturated carbocycles. The quantitative estimate of drug-likeness (QED) is 0.423. The Morgan fingerprint density at radius 3 is 2.48 bits per heavy atom. The first-order chi connectivity index (χ1) is 14.9. The molecule has 2 aromatic carbocycles. The minimum atomic E-state index is -0.399. The zero-order valence-corrected chi connectivity index (χ0v) is 18.4. The number of hydrogen-bond donors (Lipinski definition) is 1. The summed E-state index contributed by atoms with van der Waals surface area (Å²) in [5.41, 5.74) is 5.84. The number of amides is 1. The van der Waals surface area contributed by atoms with E-state index >= 15 is 0 Å². The summed E-state index contributed by atoms with van der Waals surface area (Å²) in [6, 6.07) is 17.5. The number of ether oxygens (including phenoxy) is 1. The molecule has 0 aliphatic heterocycles. The molecule has 0 fully saturated rings. The zero-order chi connectivity index (χ0) is 22.2. The number of aryl methyl sites for hydroxylation is 4. The summed E-state index contributed by atoms with van der Waals surface area (Å²) < 4.78 is 7.22. The fourth-order valence-corrected chi connectivity index (χ4v) is 3.32. The Morgan fingerprint density at radius 1 is 1.00 bits per heavy atom. The van der Waals surface area contributed by atoms with Crippen LogP contribution in [0.1, 0.15) is 44.9 Å². The van der Waals surface area contributed by atoms with E-state index in [1.54, 1.807) is 6.07 Å². The van der Waals surface area contributed by atoms with Gasteiger partial charge in [0, 0.05) is 12.1 Å². The highest BCUT2D eigenvalue weighted by Crippen LogP contribution is 2.11. The second-order valence-electron chi connectivity index (χ2n) is 7.76. The van der Waals surface area contributed by atoms with Crippen LogP contribution < -0.4 is 5.32 Å². The zero-order valence-electron chi connectivity index (χ0n) is 18.4. The van der Waals surface area contributed by atoms with Gasteiger partial charge in [-0.1, -0.05) is 42.0 Å². The third-order valence-corrected chi connectivity index (χ3v) is 5.02. The first-order valence-corrected chi connectivity index (χ1v) is 10.5. The van der Waals surface area contributed by atoms with Crippen molar-refractivity contribution in [2.24, 2.45) is 0 Å². The molecule has 31 heavy (non-hydrogen) atoms. The van der Waals surface area contributed by atoms with Gasteiger partial charge in [-0.15, -0.1) is 0 Å². The second kappa shape index (κ2) is 10.6. The molecular formula is C25H29N3O3. The molecule has 0 bridgehead atoms. The van der Waals surface area contributed by atoms with Crippen LogP contribution in [0.3, 0.4) is 0 Å². The maximum Gasteiger partial charge on any atom is 0.338 e. The molecule has 162 valence electrons. The summed E-state index contributed by atoms with van der Waals surface area (Å²) in [5.74, 6) is -0.451. The third kappa shape index (κ3) is 6.81. The van der Waals surface area contributed by atoms with Crippen molar-refractivity contribution >= 4 is 11.9 Å². The summed E-state index contributed by atoms with van der Waals surface area (Å²) in [7, 11) is 0. The summed E-state index contributed by atoms with van der Waals surface area (Å²) in [6.07, 6.45) is 1.10. The van der Waals surface area contributed by atoms with E-state index in [9.17, 15) is 9.59 Å². The molecule has 1 heterocycles. The van der Waals surface area contributed by atoms with Crippen LogP contribution in [0.15, 0.2) is 54.6 Å². The number of nitrogens with zero attached hydrogens (tertiary/aromatic N) is 2. The maximum absolute atomic E-state index is 12.3. The number of hydrogen-bond acceptors (Lipinski definition) is 4. The maximum atomic E-state index is 12.3. The molecule has 1 amide bonds. The van der Waals surface area contributed by atoms with Crippen LogP contribution in [0.25, 0.3) is 0 Å². The molecule has 1 aromatic heterocycles. The first-order valence-electron chi connectivity index (χ1n) is 10.5. The minimum absolute atomic E-state index is 0.0523. The van der Waals surface area contributed by atoms with Crippen molar-refractivity contribution in [3.05, 3.63) is 88.2 Å². The van der Waals surface area contributed by atoms with E-state index < -0.39 is 5.97 Å². The first kappa shape index (κ1) is 22.3. The van der Waals surface area contributed by atoms with Gasteiger partial charge in [-0.2, -0.15) is 5.10 Å². The highest BCUT2D eigenvalue weighted by molar-refractivity contribution is 5.89. The standard InChI is InChI=1S/C25H29N3O3/c1-18-7-9-21(10-8-18)11-12-24(29)26-13-14-31-25(30)23-6-4-5-22(16-23)17-28-20(3)15-19(2)27-28/h4-10,15-16H,11-14,17H2,1-3H3,(H,26,29). The number of esters is 1. The van der Waals surface area contributed by atoms with Crippen LogP contribution in [0, 0.1) is 20.8 Å². The largest absolute Gasteiger partial charge is 0.460 e. The summed E-state index contributed by atoms with van der Waals surface area (Å²) in [6.45, 7) is 7.03. The highest BCUT2D eigenvalue weighted by Gasteiger charge is 2.10. The van der Waals surface area contributed by atoms with Crippen molar-refractivity contribution in [3.63, 3.8) is 0 Å². The predicted octanol–water partition coefficient (Wildman–Crippen LogP) is 3.76. The van der Waals surface area contributed by atoms with E-state index in [1.165, 1.54) is 5.56 Å². The Balaban J connectivity index is 1.40. The van der Waals surface area contributed by atoms with Gasteiger partial charge in [-0.3, -0.25) is 9.48 Å². The monoisotopic (exact) mass is 419 g/mol. The van der Waals surface area contributed by atoms with Crippen molar-refractivity contribution < 1.29 is 14.3 Å². The lowest BCUT2D eigenvalue weighted by molar-refractivity contribution is -0.121. The topological polar surface area (TPSA) is 73.2 Å². The number of carbonyl (C=O) groups excluding carboxylic acids is 2. The third-order valence-electron chi connectivity index (χ3n) is 5.02. The van der Waals surface area contributed by atoms with Gasteiger partial charge in [-0.05, 0) is 56.5 Å². The van der Waals surface area contributed by atoms with E-state index in [0.29, 0.717) is 31.5 Å². The molecule has 0 aliphatic carbocycles. The Labute approximate surface area is 183 Å². The fourth-order valence-electron chi connectivity index (χ4n) is 3.32. The number of benzene rings is 2. The van der Waals surface area contributed by atoms with E-state index in [-0.39, 0.29) is 12.5 Å². The van der Waals surface area contributed by atoms with Gasteiger partial charge in [0.2, 0.25) is 5.91 Å². The lowest BCUT2D eigenvalue weighted by Crippen LogP contribution is -2.28. The summed E-state index contributed by atoms with van der Waals surface area (Å²) >= 11 is 0. The van der Waals surface area contributed by atoms with Crippen LogP contribution in [0.5, 0.6) is 0 Å². The Morgan fingerprint density at radius 2 is 1.77 bits per heavy atom. The van der Waals surface area contributed by atoms with Gasteiger partial charge in [0.05, 0.1) is 24.3 Å². The average molecular weight is 420 g/mol. The van der Waals surface area contributed by atoms with Crippen molar-refractivity contribution in [2.75, 3.05) is 13.2 Å². The second-order valence-corrected chi connectivity index (χ2v) is 7.76. The van der Waals surface area contributed by atoms with Crippen LogP contribution in [-0.4, -0.2) is 34.8 Å². The van der Waals surface area contributed by atoms with Crippen molar-refractivity contribution in [1.82, 2.24) is 15.1 Å². The van der Waals surface area contributed by atoms with E-state index in [0.717, 1.165) is 22.5 Å². The Bertz CT molecular complexity index is 1040. The molecule has 1 N–H and O–H groups in total. The molecule has 3 aromatic rings. The highest BCUT2D eigenvalue weighted by atomic mass is 16.5. The smallest absolute Gasteiger partial charge is 0.338 e. The lowest BCUT2D eigenvalue weighted by atomic mass is 10.1. The Kier molecular flexibility index (Phi) is 7.60. The molecular weight excluding hydrogens is 390 g/mol. The molecule has 0 radical (unpaired) electrons. The molecule has 0 saturated heterocycles. The molecule has 0 atom stereocenters. The van der Waals surface area contributed by atoms with Gasteiger partial charge < -0.3 is 10.1 Å². The van der Waals surface area contributed by atoms with E-state index in [2.05, 4.69) is 10.4 Å². The SMILES string of the molecule is Cc1ccc(CCC(=O)NCCOC(=O)c2cccc(Cn3nc(C)cc3C)c2)cc1. The molecule has 6 nitrogen and oxygen atoms in total. The van der Waals surface area contributed by atoms with Crippen molar-refractivity contribution in [1.29, 1.82) is 0 Å². The van der Waals surface area contributed by atoms with Gasteiger partial charge in [0.1, 0.15) is 6.61 Å². The Hall–Kier alpha value is -3.41. The molecule has 0 aliphatic rings. The van der Waals surface area contributed by atoms with Crippen molar-refractivity contribution in [3.8, 4) is 0 Å². The van der Waals surface area contributed by atoms with Gasteiger partial charge in [0.25, 0.3) is 0 Å². The number of nitrogens with one attached hydrogen (secondary N) is 1. The van der Waals surface area contributed by atoms with Gasteiger partial charge >= 0.3 is 5.97 Å². The summed E-state index contributed by atoms with van der Waals surface area (Å²) in [5, 5.41) is 7.25. The number of aromatic nitrogens is 2. The predicted molar refractivity (Wildman–Crippen MR) is 120 cm³/mol. The fraction of sp³-hybridized carbons (Fsp3) is 0.320. The molecule has 0 unspecified atom stereocenters. The van der Waals surface area contributed by atoms with Crippen LogP contribution >= 0.6 is 0 Å². The van der Waals surface area contributed by atoms with Crippen LogP contribution in [0.2, 0.25) is 0 Å².